The quantitative estimate of drug-likeness (QED) is 0.442. The highest BCUT2D eigenvalue weighted by Crippen LogP contribution is 2.36. The molecule has 1 saturated carbocycles. The van der Waals surface area contributed by atoms with E-state index in [0.717, 1.165) is 67.0 Å². The molecule has 1 amide bonds. The van der Waals surface area contributed by atoms with Gasteiger partial charge in [-0.3, -0.25) is 14.8 Å². The van der Waals surface area contributed by atoms with E-state index < -0.39 is 0 Å². The molecule has 0 spiro atoms. The number of hydrogen-bond donors (Lipinski definition) is 2. The summed E-state index contributed by atoms with van der Waals surface area (Å²) in [6, 6.07) is 1.94. The van der Waals surface area contributed by atoms with Gasteiger partial charge in [-0.25, -0.2) is 9.50 Å². The van der Waals surface area contributed by atoms with Crippen molar-refractivity contribution < 1.29 is 9.53 Å². The maximum Gasteiger partial charge on any atom is 0.261 e. The van der Waals surface area contributed by atoms with Crippen molar-refractivity contribution in [3.05, 3.63) is 47.3 Å². The van der Waals surface area contributed by atoms with Crippen LogP contribution in [0.25, 0.3) is 27.9 Å². The molecule has 2 fully saturated rings. The summed E-state index contributed by atoms with van der Waals surface area (Å²) in [6.45, 7) is 4.14. The van der Waals surface area contributed by atoms with E-state index in [2.05, 4.69) is 30.5 Å². The number of fused-ring (bicyclic) bond motifs is 1. The second-order valence-corrected chi connectivity index (χ2v) is 9.98. The van der Waals surface area contributed by atoms with Gasteiger partial charge in [0.15, 0.2) is 5.65 Å². The minimum absolute atomic E-state index is 0.0116. The number of aromatic nitrogens is 5. The predicted molar refractivity (Wildman–Crippen MR) is 130 cm³/mol. The first kappa shape index (κ1) is 21.5. The van der Waals surface area contributed by atoms with E-state index in [4.69, 9.17) is 4.74 Å². The van der Waals surface area contributed by atoms with E-state index in [0.29, 0.717) is 11.4 Å². The Kier molecular flexibility index (Phi) is 5.64. The summed E-state index contributed by atoms with van der Waals surface area (Å²) in [6.07, 6.45) is 13.9. The van der Waals surface area contributed by atoms with Crippen LogP contribution < -0.4 is 5.32 Å². The second-order valence-electron chi connectivity index (χ2n) is 9.07. The second kappa shape index (κ2) is 8.94. The van der Waals surface area contributed by atoms with Gasteiger partial charge in [0, 0.05) is 60.5 Å². The standard InChI is InChI=1S/C24H27N7O2S/c32-23(26-16-24(3-1-2-4-24)30-5-7-33-8-6-30)21-9-17(15-34-21)20-13-29-31-14-19(10-25-22(20)31)18-11-27-28-12-18/h9-15H,1-8,16H2,(H,26,32)(H,27,28). The summed E-state index contributed by atoms with van der Waals surface area (Å²) in [4.78, 5) is 20.9. The predicted octanol–water partition coefficient (Wildman–Crippen LogP) is 3.22. The topological polar surface area (TPSA) is 100 Å². The van der Waals surface area contributed by atoms with E-state index in [9.17, 15) is 4.79 Å². The zero-order valence-corrected chi connectivity index (χ0v) is 19.7. The van der Waals surface area contributed by atoms with Crippen LogP contribution in [0.5, 0.6) is 0 Å². The molecule has 1 aliphatic carbocycles. The van der Waals surface area contributed by atoms with Gasteiger partial charge in [0.1, 0.15) is 0 Å². The summed E-state index contributed by atoms with van der Waals surface area (Å²) in [5, 5.41) is 16.5. The van der Waals surface area contributed by atoms with E-state index in [1.165, 1.54) is 24.2 Å². The molecule has 0 bridgehead atoms. The summed E-state index contributed by atoms with van der Waals surface area (Å²) in [7, 11) is 0. The Hall–Kier alpha value is -3.08. The average Bonchev–Trinajstić information content (AvgIpc) is 3.69. The van der Waals surface area contributed by atoms with Crippen molar-refractivity contribution in [2.75, 3.05) is 32.8 Å². The molecule has 6 rings (SSSR count). The van der Waals surface area contributed by atoms with Gasteiger partial charge < -0.3 is 10.1 Å². The summed E-state index contributed by atoms with van der Waals surface area (Å²) in [5.41, 5.74) is 4.58. The first-order valence-corrected chi connectivity index (χ1v) is 12.6. The van der Waals surface area contributed by atoms with Crippen LogP contribution >= 0.6 is 11.3 Å². The van der Waals surface area contributed by atoms with Crippen molar-refractivity contribution in [3.8, 4) is 22.3 Å². The Morgan fingerprint density at radius 1 is 1.15 bits per heavy atom. The number of carbonyl (C=O) groups excluding carboxylic acids is 1. The minimum atomic E-state index is -0.0116. The van der Waals surface area contributed by atoms with Crippen LogP contribution in [0.2, 0.25) is 0 Å². The first-order chi connectivity index (χ1) is 16.7. The molecule has 0 unspecified atom stereocenters. The number of H-pyrrole nitrogens is 1. The zero-order chi connectivity index (χ0) is 23.0. The van der Waals surface area contributed by atoms with Crippen molar-refractivity contribution >= 4 is 22.9 Å². The third kappa shape index (κ3) is 3.91. The van der Waals surface area contributed by atoms with Crippen LogP contribution in [0, 0.1) is 0 Å². The average molecular weight is 478 g/mol. The lowest BCUT2D eigenvalue weighted by Gasteiger charge is -2.43. The van der Waals surface area contributed by atoms with Gasteiger partial charge in [-0.05, 0) is 29.9 Å². The van der Waals surface area contributed by atoms with Crippen LogP contribution in [0.1, 0.15) is 35.4 Å². The van der Waals surface area contributed by atoms with E-state index in [1.807, 2.05) is 30.0 Å². The fourth-order valence-electron chi connectivity index (χ4n) is 5.24. The molecule has 9 nitrogen and oxygen atoms in total. The molecule has 2 N–H and O–H groups in total. The number of ether oxygens (including phenoxy) is 1. The molecular formula is C24H27N7O2S. The maximum absolute atomic E-state index is 13.1. The lowest BCUT2D eigenvalue weighted by atomic mass is 9.94. The van der Waals surface area contributed by atoms with Gasteiger partial charge in [-0.2, -0.15) is 10.2 Å². The third-order valence-electron chi connectivity index (χ3n) is 7.12. The number of nitrogens with one attached hydrogen (secondary N) is 2. The largest absolute Gasteiger partial charge is 0.379 e. The lowest BCUT2D eigenvalue weighted by Crippen LogP contribution is -2.57. The van der Waals surface area contributed by atoms with Gasteiger partial charge in [0.25, 0.3) is 5.91 Å². The fraction of sp³-hybridized carbons (Fsp3) is 0.417. The van der Waals surface area contributed by atoms with E-state index in [1.54, 1.807) is 16.9 Å². The SMILES string of the molecule is O=C(NCC1(N2CCOCC2)CCCC1)c1cc(-c2cnn3cc(-c4cn[nH]c4)cnc23)cs1. The molecule has 5 heterocycles. The van der Waals surface area contributed by atoms with Gasteiger partial charge >= 0.3 is 0 Å². The minimum Gasteiger partial charge on any atom is -0.379 e. The van der Waals surface area contributed by atoms with E-state index >= 15 is 0 Å². The molecule has 0 atom stereocenters. The first-order valence-electron chi connectivity index (χ1n) is 11.7. The van der Waals surface area contributed by atoms with Crippen molar-refractivity contribution in [3.63, 3.8) is 0 Å². The summed E-state index contributed by atoms with van der Waals surface area (Å²) >= 11 is 1.46. The van der Waals surface area contributed by atoms with Gasteiger partial charge in [-0.1, -0.05) is 12.8 Å². The number of nitrogens with zero attached hydrogens (tertiary/aromatic N) is 5. The van der Waals surface area contributed by atoms with Crippen molar-refractivity contribution in [2.45, 2.75) is 31.2 Å². The van der Waals surface area contributed by atoms with Gasteiger partial charge in [0.2, 0.25) is 0 Å². The molecule has 1 saturated heterocycles. The molecule has 0 aromatic carbocycles. The Bertz CT molecular complexity index is 1280. The van der Waals surface area contributed by atoms with Crippen LogP contribution in [0.15, 0.2) is 42.4 Å². The number of carbonyl (C=O) groups is 1. The van der Waals surface area contributed by atoms with Crippen molar-refractivity contribution in [2.24, 2.45) is 0 Å². The van der Waals surface area contributed by atoms with Crippen LogP contribution in [-0.4, -0.2) is 74.0 Å². The highest BCUT2D eigenvalue weighted by Gasteiger charge is 2.40. The van der Waals surface area contributed by atoms with Crippen molar-refractivity contribution in [1.82, 2.24) is 35.0 Å². The Morgan fingerprint density at radius 2 is 2.00 bits per heavy atom. The van der Waals surface area contributed by atoms with Crippen LogP contribution in [0.3, 0.4) is 0 Å². The number of aromatic amines is 1. The Labute approximate surface area is 201 Å². The number of hydrogen-bond acceptors (Lipinski definition) is 7. The molecule has 34 heavy (non-hydrogen) atoms. The molecule has 2 aliphatic rings. The van der Waals surface area contributed by atoms with Crippen molar-refractivity contribution in [1.29, 1.82) is 0 Å². The maximum atomic E-state index is 13.1. The van der Waals surface area contributed by atoms with E-state index in [-0.39, 0.29) is 11.4 Å². The normalized spacial score (nSPS) is 18.5. The number of rotatable bonds is 6. The molecule has 1 aliphatic heterocycles. The fourth-order valence-corrected chi connectivity index (χ4v) is 6.06. The van der Waals surface area contributed by atoms with Crippen LogP contribution in [-0.2, 0) is 4.74 Å². The highest BCUT2D eigenvalue weighted by molar-refractivity contribution is 7.12. The number of morpholine rings is 1. The van der Waals surface area contributed by atoms with Gasteiger partial charge in [0.05, 0.1) is 30.5 Å². The molecule has 4 aromatic rings. The lowest BCUT2D eigenvalue weighted by molar-refractivity contribution is -0.0199. The highest BCUT2D eigenvalue weighted by atomic mass is 32.1. The monoisotopic (exact) mass is 477 g/mol. The molecular weight excluding hydrogens is 450 g/mol. The smallest absolute Gasteiger partial charge is 0.261 e. The number of amides is 1. The zero-order valence-electron chi connectivity index (χ0n) is 18.9. The molecule has 0 radical (unpaired) electrons. The van der Waals surface area contributed by atoms with Gasteiger partial charge in [-0.15, -0.1) is 11.3 Å². The summed E-state index contributed by atoms with van der Waals surface area (Å²) in [5.74, 6) is -0.0116. The third-order valence-corrected chi connectivity index (χ3v) is 8.05. The summed E-state index contributed by atoms with van der Waals surface area (Å²) < 4.78 is 7.31. The van der Waals surface area contributed by atoms with Crippen LogP contribution in [0.4, 0.5) is 0 Å². The molecule has 4 aromatic heterocycles. The number of thiophene rings is 1. The Balaban J connectivity index is 1.18. The molecule has 10 heteroatoms. The molecule has 176 valence electrons. The Morgan fingerprint density at radius 3 is 2.79 bits per heavy atom.